The zero-order chi connectivity index (χ0) is 88.0. The van der Waals surface area contributed by atoms with E-state index in [-0.39, 0.29) is 30.9 Å². The van der Waals surface area contributed by atoms with Crippen LogP contribution in [0.3, 0.4) is 0 Å². The Kier molecular flexibility index (Phi) is 22.9. The van der Waals surface area contributed by atoms with Gasteiger partial charge in [0.15, 0.2) is 17.5 Å². The predicted molar refractivity (Wildman–Crippen MR) is 539 cm³/mol. The van der Waals surface area contributed by atoms with Crippen molar-refractivity contribution in [2.45, 2.75) is 52.4 Å². The number of para-hydroxylation sites is 1. The summed E-state index contributed by atoms with van der Waals surface area (Å²) in [5.41, 5.74) is 36.0. The van der Waals surface area contributed by atoms with E-state index < -0.39 is 0 Å². The molecule has 7 nitrogen and oxygen atoms in total. The number of pyridine rings is 3. The van der Waals surface area contributed by atoms with Crippen LogP contribution in [0.25, 0.3) is 218 Å². The van der Waals surface area contributed by atoms with Crippen LogP contribution in [0.2, 0.25) is 5.02 Å². The van der Waals surface area contributed by atoms with E-state index >= 15 is 0 Å². The third-order valence-electron chi connectivity index (χ3n) is 24.8. The smallest absolute Gasteiger partial charge is 0.309 e. The molecule has 5 heterocycles. The summed E-state index contributed by atoms with van der Waals surface area (Å²) < 4.78 is 2.35. The maximum atomic E-state index is 6.69. The number of nitrogens with zero attached hydrogens (tertiary/aromatic N) is 7. The Morgan fingerprint density at radius 2 is 0.603 bits per heavy atom. The van der Waals surface area contributed by atoms with E-state index in [1.807, 2.05) is 42.9 Å². The molecule has 0 atom stereocenters. The van der Waals surface area contributed by atoms with Crippen molar-refractivity contribution in [2.24, 2.45) is 0 Å². The molecule has 5 aromatic heterocycles. The van der Waals surface area contributed by atoms with Gasteiger partial charge in [-0.2, -0.15) is 0 Å². The van der Waals surface area contributed by atoms with Crippen LogP contribution in [0.1, 0.15) is 52.7 Å². The molecule has 0 bridgehead atoms. The molecule has 0 radical (unpaired) electrons. The van der Waals surface area contributed by atoms with E-state index in [4.69, 9.17) is 41.5 Å². The van der Waals surface area contributed by atoms with Crippen LogP contribution in [0, 0.1) is 18.2 Å². The Morgan fingerprint density at radius 3 is 1.04 bits per heavy atom. The van der Waals surface area contributed by atoms with Crippen molar-refractivity contribution < 1.29 is 20.1 Å². The van der Waals surface area contributed by atoms with Crippen LogP contribution in [-0.2, 0) is 30.9 Å². The quantitative estimate of drug-likeness (QED) is 0.0796. The van der Waals surface area contributed by atoms with Crippen molar-refractivity contribution in [3.05, 3.63) is 453 Å². The maximum Gasteiger partial charge on any atom is 3.00 e. The Labute approximate surface area is 783 Å². The first-order valence-electron chi connectivity index (χ1n) is 44.1. The molecule has 0 unspecified atom stereocenters. The minimum atomic E-state index is -0.0826. The van der Waals surface area contributed by atoms with Crippen LogP contribution in [0.15, 0.2) is 419 Å². The molecule has 0 N–H and O–H groups in total. The number of benzene rings is 16. The summed E-state index contributed by atoms with van der Waals surface area (Å²) in [6.45, 7) is 13.5. The average Bonchev–Trinajstić information content (AvgIpc) is 1.58. The van der Waals surface area contributed by atoms with Crippen molar-refractivity contribution in [3.63, 3.8) is 0 Å². The van der Waals surface area contributed by atoms with Gasteiger partial charge in [0, 0.05) is 56.8 Å². The number of rotatable bonds is 18. The molecule has 21 aromatic rings. The van der Waals surface area contributed by atoms with E-state index in [1.54, 1.807) is 0 Å². The van der Waals surface area contributed by atoms with Crippen LogP contribution in [0.4, 0.5) is 0 Å². The number of fused-ring (bicyclic) bond motifs is 3. The van der Waals surface area contributed by atoms with Crippen molar-refractivity contribution in [3.8, 4) is 196 Å². The molecule has 16 aromatic carbocycles. The third-order valence-corrected chi connectivity index (χ3v) is 25.1. The van der Waals surface area contributed by atoms with Gasteiger partial charge in [-0.1, -0.05) is 388 Å². The summed E-state index contributed by atoms with van der Waals surface area (Å²) in [5.74, 6) is 1.60. The fraction of sp³-hybridized carbons (Fsp3) is 0.0656. The second-order valence-corrected chi connectivity index (χ2v) is 35.7. The predicted octanol–water partition coefficient (Wildman–Crippen LogP) is 32.1. The summed E-state index contributed by atoms with van der Waals surface area (Å²) in [4.78, 5) is 31.2. The Morgan fingerprint density at radius 1 is 0.244 bits per heavy atom. The minimum absolute atomic E-state index is 0. The van der Waals surface area contributed by atoms with Gasteiger partial charge in [0.2, 0.25) is 0 Å². The van der Waals surface area contributed by atoms with E-state index in [2.05, 4.69) is 440 Å². The maximum absolute atomic E-state index is 6.69. The largest absolute Gasteiger partial charge is 3.00 e. The number of hydrogen-bond donors (Lipinski definition) is 0. The van der Waals surface area contributed by atoms with E-state index in [9.17, 15) is 0 Å². The fourth-order valence-electron chi connectivity index (χ4n) is 18.0. The topological polar surface area (TPSA) is 82.3 Å². The molecule has 0 aliphatic carbocycles. The van der Waals surface area contributed by atoms with Crippen LogP contribution in [0.5, 0.6) is 0 Å². The molecule has 0 saturated carbocycles. The molecular formula is C122H87ClIrN7. The summed E-state index contributed by atoms with van der Waals surface area (Å²) in [5, 5.41) is 2.94. The summed E-state index contributed by atoms with van der Waals surface area (Å²) >= 11 is 6.69. The van der Waals surface area contributed by atoms with Gasteiger partial charge < -0.3 is 19.5 Å². The zero-order valence-corrected chi connectivity index (χ0v) is 76.3. The van der Waals surface area contributed by atoms with Gasteiger partial charge in [-0.3, -0.25) is 0 Å². The van der Waals surface area contributed by atoms with E-state index in [0.717, 1.165) is 200 Å². The third kappa shape index (κ3) is 17.0. The summed E-state index contributed by atoms with van der Waals surface area (Å²) in [6, 6.07) is 154. The van der Waals surface area contributed by atoms with Crippen LogP contribution in [-0.4, -0.2) is 34.5 Å². The van der Waals surface area contributed by atoms with E-state index in [0.29, 0.717) is 22.5 Å². The Balaban J connectivity index is 0.0000107. The average molecular weight is 1880 g/mol. The molecule has 626 valence electrons. The van der Waals surface area contributed by atoms with Gasteiger partial charge >= 0.3 is 20.1 Å². The minimum Gasteiger partial charge on any atom is -0.309 e. The Hall–Kier alpha value is -15.3. The molecule has 0 amide bonds. The molecule has 0 aliphatic rings. The summed E-state index contributed by atoms with van der Waals surface area (Å²) in [7, 11) is 0. The second kappa shape index (κ2) is 35.7. The van der Waals surface area contributed by atoms with Gasteiger partial charge in [-0.05, 0) is 190 Å². The summed E-state index contributed by atoms with van der Waals surface area (Å²) in [6.07, 6.45) is 5.74. The molecular weight excluding hydrogens is 1790 g/mol. The van der Waals surface area contributed by atoms with E-state index in [1.165, 1.54) is 11.1 Å². The van der Waals surface area contributed by atoms with Crippen molar-refractivity contribution in [1.82, 2.24) is 34.5 Å². The zero-order valence-electron chi connectivity index (χ0n) is 73.2. The van der Waals surface area contributed by atoms with Gasteiger partial charge in [0.1, 0.15) is 0 Å². The second-order valence-electron chi connectivity index (χ2n) is 35.2. The van der Waals surface area contributed by atoms with Crippen molar-refractivity contribution >= 4 is 33.4 Å². The van der Waals surface area contributed by atoms with Gasteiger partial charge in [-0.15, -0.1) is 71.3 Å². The van der Waals surface area contributed by atoms with Crippen LogP contribution >= 0.6 is 11.6 Å². The first kappa shape index (κ1) is 83.9. The van der Waals surface area contributed by atoms with Crippen molar-refractivity contribution in [2.75, 3.05) is 0 Å². The molecule has 21 rings (SSSR count). The molecule has 0 fully saturated rings. The monoisotopic (exact) mass is 1880 g/mol. The molecule has 131 heavy (non-hydrogen) atoms. The first-order valence-corrected chi connectivity index (χ1v) is 44.5. The molecule has 0 spiro atoms. The normalized spacial score (nSPS) is 11.6. The molecule has 0 saturated heterocycles. The fourth-order valence-corrected chi connectivity index (χ4v) is 18.1. The molecule has 9 heteroatoms. The van der Waals surface area contributed by atoms with Gasteiger partial charge in [-0.25, -0.2) is 15.0 Å². The number of halogens is 1. The first-order chi connectivity index (χ1) is 63.6. The van der Waals surface area contributed by atoms with Crippen molar-refractivity contribution in [1.29, 1.82) is 0 Å². The standard InChI is InChI=1S/C122H87ClN7.Ir/c1-121(2,3)95-63-65-124-114(76-95)87-51-59-105(110(73-87)81-33-15-9-16-34-81)102-44-22-19-41-99(102)92-69-93(100-42-20-23-45-103(100)106-60-52-88(74-111(106)82-35-17-10-18-36-82)115-77-96(64-66-125-115)122(4,5)6)71-94(70-92)101-43-21-24-46-104(101)107-58-50-86(72-112(107)85-49-61-109-108-47-25-26-48-116(108)130(117(109)75-85)98-56-54-97(123)55-57-98)113-62-53-91(78-126-113)120-128-118(89-39-27-37-83(67-89)79-29-11-7-12-30-79)127-119(129-120)90-40-28-38-84(68-90)80-31-13-8-14-32-80;/h7-49,53-78H,1-6H3;/q-3;+3. The number of hydrogen-bond acceptors (Lipinski definition) is 6. The Bertz CT molecular complexity index is 7540. The van der Waals surface area contributed by atoms with Gasteiger partial charge in [0.05, 0.1) is 11.0 Å². The van der Waals surface area contributed by atoms with Gasteiger partial charge in [0.25, 0.3) is 0 Å². The SMILES string of the molecule is CC(C)(C)c1ccnc(-c2[c-]cc(-c3ccccc3-c3cc(-c4ccccc4-c4c[c-]c(-c5cc(C(C)(C)C)ccn5)cc4-c4ccccc4)cc(-c4ccccc4-c4c[c-]c(-c5ccc(-c6nc(-c7cccc(-c8ccccc8)c7)nc(-c7cccc(-c8ccccc8)c7)n6)cn5)cc4-c4ccc5c6ccccc6n(-c6ccc(Cl)cc6)c5c4)c3)c(-c3ccccc3)c2)c1.[Ir+3]. The number of aromatic nitrogens is 7. The molecule has 0 aliphatic heterocycles. The van der Waals surface area contributed by atoms with Crippen LogP contribution < -0.4 is 0 Å².